The molecule has 1 aromatic carbocycles. The number of nitrogens with zero attached hydrogens (tertiary/aromatic N) is 5. The third-order valence-corrected chi connectivity index (χ3v) is 8.62. The Morgan fingerprint density at radius 1 is 1.10 bits per heavy atom. The highest BCUT2D eigenvalue weighted by atomic mass is 32.2. The quantitative estimate of drug-likeness (QED) is 0.220. The number of ether oxygens (including phenoxy) is 1. The van der Waals surface area contributed by atoms with Crippen LogP contribution in [-0.4, -0.2) is 70.5 Å². The molecule has 0 aliphatic carbocycles. The van der Waals surface area contributed by atoms with Crippen LogP contribution in [0.4, 0.5) is 5.82 Å². The van der Waals surface area contributed by atoms with Crippen LogP contribution in [0.3, 0.4) is 0 Å². The molecular weight excluding hydrogens is 542 g/mol. The summed E-state index contributed by atoms with van der Waals surface area (Å²) in [6.45, 7) is 12.0. The zero-order chi connectivity index (χ0) is 28.6. The Morgan fingerprint density at radius 2 is 1.82 bits per heavy atom. The zero-order valence-electron chi connectivity index (χ0n) is 23.5. The van der Waals surface area contributed by atoms with Gasteiger partial charge in [-0.1, -0.05) is 61.2 Å². The fraction of sp³-hybridized carbons (Fsp3) is 0.467. The van der Waals surface area contributed by atoms with Gasteiger partial charge in [0, 0.05) is 64.6 Å². The van der Waals surface area contributed by atoms with E-state index in [-0.39, 0.29) is 17.0 Å². The van der Waals surface area contributed by atoms with Crippen molar-refractivity contribution in [2.45, 2.75) is 46.7 Å². The van der Waals surface area contributed by atoms with Crippen molar-refractivity contribution in [2.24, 2.45) is 0 Å². The van der Waals surface area contributed by atoms with E-state index < -0.39 is 0 Å². The number of hydrogen-bond donors (Lipinski definition) is 0. The number of anilines is 1. The summed E-state index contributed by atoms with van der Waals surface area (Å²) in [6, 6.07) is 12.5. The lowest BCUT2D eigenvalue weighted by atomic mass is 10.0. The van der Waals surface area contributed by atoms with E-state index >= 15 is 0 Å². The van der Waals surface area contributed by atoms with Crippen molar-refractivity contribution in [3.8, 4) is 6.07 Å². The number of pyridine rings is 1. The van der Waals surface area contributed by atoms with Gasteiger partial charge >= 0.3 is 0 Å². The molecule has 0 saturated carbocycles. The van der Waals surface area contributed by atoms with Crippen molar-refractivity contribution >= 4 is 46.1 Å². The zero-order valence-corrected chi connectivity index (χ0v) is 25.2. The number of thioether (sulfide) groups is 1. The largest absolute Gasteiger partial charge is 0.382 e. The number of carbonyl (C=O) groups is 1. The molecule has 4 rings (SSSR count). The number of aromatic nitrogens is 1. The maximum atomic E-state index is 13.5. The highest BCUT2D eigenvalue weighted by molar-refractivity contribution is 8.26. The number of rotatable bonds is 11. The van der Waals surface area contributed by atoms with Crippen molar-refractivity contribution < 1.29 is 9.53 Å². The molecule has 2 aliphatic heterocycles. The van der Waals surface area contributed by atoms with Gasteiger partial charge in [-0.15, -0.1) is 0 Å². The van der Waals surface area contributed by atoms with E-state index in [1.807, 2.05) is 26.0 Å². The highest BCUT2D eigenvalue weighted by Crippen LogP contribution is 2.36. The fourth-order valence-corrected chi connectivity index (χ4v) is 6.46. The van der Waals surface area contributed by atoms with Crippen LogP contribution in [0.15, 0.2) is 40.0 Å². The van der Waals surface area contributed by atoms with Gasteiger partial charge < -0.3 is 9.64 Å². The summed E-state index contributed by atoms with van der Waals surface area (Å²) in [5.41, 5.74) is 2.47. The number of hydrogen-bond acceptors (Lipinski definition) is 8. The first kappa shape index (κ1) is 30.0. The molecule has 2 aromatic rings. The SMILES string of the molecule is CCCn1c(N2CCN(Cc3ccccc3)CC2)c(/C=C2/SC(=S)N(CCCOCC)C2=O)c(C)c(C#N)c1=O. The minimum absolute atomic E-state index is 0.123. The van der Waals surface area contributed by atoms with Gasteiger partial charge in [0.15, 0.2) is 0 Å². The van der Waals surface area contributed by atoms with Crippen LogP contribution >= 0.6 is 24.0 Å². The number of thiocarbonyl (C=S) groups is 1. The maximum absolute atomic E-state index is 13.5. The molecule has 2 saturated heterocycles. The van der Waals surface area contributed by atoms with Crippen LogP contribution in [0.5, 0.6) is 0 Å². The summed E-state index contributed by atoms with van der Waals surface area (Å²) in [5.74, 6) is 0.639. The van der Waals surface area contributed by atoms with Gasteiger partial charge in [-0.3, -0.25) is 24.0 Å². The molecule has 2 fully saturated rings. The number of amides is 1. The van der Waals surface area contributed by atoms with E-state index in [0.29, 0.717) is 47.5 Å². The monoisotopic (exact) mass is 579 g/mol. The molecule has 0 N–H and O–H groups in total. The van der Waals surface area contributed by atoms with E-state index in [4.69, 9.17) is 17.0 Å². The first-order chi connectivity index (χ1) is 19.4. The minimum Gasteiger partial charge on any atom is -0.382 e. The lowest BCUT2D eigenvalue weighted by molar-refractivity contribution is -0.122. The Balaban J connectivity index is 1.67. The van der Waals surface area contributed by atoms with Gasteiger partial charge in [0.25, 0.3) is 11.5 Å². The van der Waals surface area contributed by atoms with Crippen LogP contribution in [0.2, 0.25) is 0 Å². The van der Waals surface area contributed by atoms with Gasteiger partial charge in [0.05, 0.1) is 4.91 Å². The van der Waals surface area contributed by atoms with E-state index in [0.717, 1.165) is 50.5 Å². The number of nitriles is 1. The van der Waals surface area contributed by atoms with Crippen LogP contribution < -0.4 is 10.5 Å². The Labute approximate surface area is 246 Å². The smallest absolute Gasteiger partial charge is 0.270 e. The third-order valence-electron chi connectivity index (χ3n) is 7.24. The minimum atomic E-state index is -0.274. The lowest BCUT2D eigenvalue weighted by Crippen LogP contribution is -2.48. The first-order valence-corrected chi connectivity index (χ1v) is 15.1. The van der Waals surface area contributed by atoms with Crippen LogP contribution in [0.1, 0.15) is 48.9 Å². The van der Waals surface area contributed by atoms with E-state index in [9.17, 15) is 14.9 Å². The Morgan fingerprint density at radius 3 is 2.48 bits per heavy atom. The second kappa shape index (κ2) is 14.1. The van der Waals surface area contributed by atoms with Crippen molar-refractivity contribution in [2.75, 3.05) is 50.8 Å². The van der Waals surface area contributed by atoms with Gasteiger partial charge in [-0.2, -0.15) is 5.26 Å². The molecule has 212 valence electrons. The molecule has 0 atom stereocenters. The third kappa shape index (κ3) is 6.66. The molecule has 0 unspecified atom stereocenters. The van der Waals surface area contributed by atoms with E-state index in [2.05, 4.69) is 40.1 Å². The number of benzene rings is 1. The molecule has 0 spiro atoms. The summed E-state index contributed by atoms with van der Waals surface area (Å²) in [5, 5.41) is 9.91. The molecule has 10 heteroatoms. The average Bonchev–Trinajstić information content (AvgIpc) is 3.22. The summed E-state index contributed by atoms with van der Waals surface area (Å²) in [4.78, 5) is 33.7. The number of carbonyl (C=O) groups excluding carboxylic acids is 1. The lowest BCUT2D eigenvalue weighted by Gasteiger charge is -2.38. The number of piperazine rings is 1. The summed E-state index contributed by atoms with van der Waals surface area (Å²) < 4.78 is 7.67. The Kier molecular flexibility index (Phi) is 10.6. The Hall–Kier alpha value is -2.97. The van der Waals surface area contributed by atoms with Gasteiger partial charge in [0.2, 0.25) is 0 Å². The van der Waals surface area contributed by atoms with Crippen molar-refractivity contribution in [1.29, 1.82) is 5.26 Å². The average molecular weight is 580 g/mol. The van der Waals surface area contributed by atoms with Gasteiger partial charge in [-0.05, 0) is 43.9 Å². The molecule has 40 heavy (non-hydrogen) atoms. The van der Waals surface area contributed by atoms with Gasteiger partial charge in [-0.25, -0.2) is 0 Å². The molecule has 2 aliphatic rings. The first-order valence-electron chi connectivity index (χ1n) is 13.9. The summed E-state index contributed by atoms with van der Waals surface area (Å²) >= 11 is 6.82. The Bertz CT molecular complexity index is 1360. The molecule has 1 aromatic heterocycles. The van der Waals surface area contributed by atoms with Crippen LogP contribution in [0, 0.1) is 18.3 Å². The van der Waals surface area contributed by atoms with Crippen LogP contribution in [-0.2, 0) is 22.6 Å². The molecular formula is C30H37N5O3S2. The maximum Gasteiger partial charge on any atom is 0.270 e. The van der Waals surface area contributed by atoms with Crippen molar-refractivity contribution in [3.05, 3.63) is 67.8 Å². The molecule has 1 amide bonds. The van der Waals surface area contributed by atoms with Crippen molar-refractivity contribution in [3.63, 3.8) is 0 Å². The predicted octanol–water partition coefficient (Wildman–Crippen LogP) is 4.39. The molecule has 0 bridgehead atoms. The summed E-state index contributed by atoms with van der Waals surface area (Å²) in [7, 11) is 0. The topological polar surface area (TPSA) is 81.8 Å². The van der Waals surface area contributed by atoms with Gasteiger partial charge in [0.1, 0.15) is 21.8 Å². The second-order valence-corrected chi connectivity index (χ2v) is 11.6. The predicted molar refractivity (Wildman–Crippen MR) is 165 cm³/mol. The van der Waals surface area contributed by atoms with E-state index in [1.165, 1.54) is 17.3 Å². The molecule has 8 nitrogen and oxygen atoms in total. The highest BCUT2D eigenvalue weighted by Gasteiger charge is 2.33. The molecule has 3 heterocycles. The normalized spacial score (nSPS) is 17.2. The molecule has 0 radical (unpaired) electrons. The van der Waals surface area contributed by atoms with E-state index in [1.54, 1.807) is 16.4 Å². The van der Waals surface area contributed by atoms with Crippen molar-refractivity contribution in [1.82, 2.24) is 14.4 Å². The standard InChI is InChI=1S/C30H37N5O3S2/c1-4-12-34-27(33-16-14-32(15-17-33)21-23-10-7-6-8-11-23)24(22(3)25(20-31)28(34)36)19-26-29(37)35(30(39)40-26)13-9-18-38-5-2/h6-8,10-11,19H,4-5,9,12-18,21H2,1-3H3/b26-19+. The fourth-order valence-electron chi connectivity index (χ4n) is 5.17. The summed E-state index contributed by atoms with van der Waals surface area (Å²) in [6.07, 6.45) is 3.29. The second-order valence-electron chi connectivity index (χ2n) is 9.94. The van der Waals surface area contributed by atoms with Crippen LogP contribution in [0.25, 0.3) is 6.08 Å².